The van der Waals surface area contributed by atoms with Gasteiger partial charge in [0.25, 0.3) is 0 Å². The van der Waals surface area contributed by atoms with Crippen LogP contribution in [0, 0.1) is 11.8 Å². The third-order valence-corrected chi connectivity index (χ3v) is 3.31. The quantitative estimate of drug-likeness (QED) is 0.508. The van der Waals surface area contributed by atoms with E-state index in [1.165, 1.54) is 25.8 Å². The molecule has 0 rings (SSSR count). The second-order valence-corrected chi connectivity index (χ2v) is 5.19. The summed E-state index contributed by atoms with van der Waals surface area (Å²) in [6.45, 7) is 9.45. The molecule has 0 heterocycles. The van der Waals surface area contributed by atoms with Crippen LogP contribution in [0.4, 0.5) is 0 Å². The minimum atomic E-state index is 0.523. The van der Waals surface area contributed by atoms with Crippen LogP contribution in [0.15, 0.2) is 37.0 Å². The summed E-state index contributed by atoms with van der Waals surface area (Å²) in [7, 11) is 4.28. The van der Waals surface area contributed by atoms with Crippen LogP contribution in [0.3, 0.4) is 0 Å². The van der Waals surface area contributed by atoms with Crippen LogP contribution in [-0.4, -0.2) is 25.5 Å². The SMILES string of the molecule is C=CC(/C=C/C(CC)CCN(C)C)CC/C=C\C. The van der Waals surface area contributed by atoms with Gasteiger partial charge in [-0.3, -0.25) is 0 Å². The van der Waals surface area contributed by atoms with Crippen molar-refractivity contribution >= 4 is 0 Å². The van der Waals surface area contributed by atoms with Gasteiger partial charge in [0.15, 0.2) is 0 Å². The fourth-order valence-corrected chi connectivity index (χ4v) is 1.91. The second-order valence-electron chi connectivity index (χ2n) is 5.19. The highest BCUT2D eigenvalue weighted by atomic mass is 15.0. The van der Waals surface area contributed by atoms with Crippen LogP contribution in [0.25, 0.3) is 0 Å². The van der Waals surface area contributed by atoms with Gasteiger partial charge in [-0.2, -0.15) is 0 Å². The van der Waals surface area contributed by atoms with E-state index in [0.717, 1.165) is 6.42 Å². The van der Waals surface area contributed by atoms with Crippen LogP contribution in [0.5, 0.6) is 0 Å². The predicted molar refractivity (Wildman–Crippen MR) is 83.8 cm³/mol. The zero-order valence-corrected chi connectivity index (χ0v) is 12.7. The van der Waals surface area contributed by atoms with Crippen molar-refractivity contribution in [1.82, 2.24) is 4.90 Å². The minimum Gasteiger partial charge on any atom is -0.309 e. The van der Waals surface area contributed by atoms with Crippen LogP contribution in [0.1, 0.15) is 39.5 Å². The molecule has 1 nitrogen and oxygen atoms in total. The Hall–Kier alpha value is -0.820. The maximum absolute atomic E-state index is 3.93. The lowest BCUT2D eigenvalue weighted by Gasteiger charge is -2.15. The zero-order valence-electron chi connectivity index (χ0n) is 12.7. The summed E-state index contributed by atoms with van der Waals surface area (Å²) in [6, 6.07) is 0. The Morgan fingerprint density at radius 1 is 1.17 bits per heavy atom. The van der Waals surface area contributed by atoms with E-state index in [2.05, 4.69) is 69.8 Å². The van der Waals surface area contributed by atoms with E-state index in [-0.39, 0.29) is 0 Å². The van der Waals surface area contributed by atoms with Crippen LogP contribution < -0.4 is 0 Å². The molecule has 0 spiro atoms. The van der Waals surface area contributed by atoms with Crippen molar-refractivity contribution in [3.63, 3.8) is 0 Å². The molecule has 0 N–H and O–H groups in total. The Balaban J connectivity index is 4.14. The van der Waals surface area contributed by atoms with Crippen molar-refractivity contribution in [2.75, 3.05) is 20.6 Å². The maximum atomic E-state index is 3.93. The summed E-state index contributed by atoms with van der Waals surface area (Å²) in [5.74, 6) is 1.23. The molecule has 18 heavy (non-hydrogen) atoms. The summed E-state index contributed by atoms with van der Waals surface area (Å²) in [4.78, 5) is 2.26. The second kappa shape index (κ2) is 11.3. The molecule has 0 radical (unpaired) electrons. The summed E-state index contributed by atoms with van der Waals surface area (Å²) < 4.78 is 0. The molecule has 1 heteroatoms. The van der Waals surface area contributed by atoms with E-state index < -0.39 is 0 Å². The Kier molecular flexibility index (Phi) is 10.8. The normalized spacial score (nSPS) is 15.6. The van der Waals surface area contributed by atoms with Gasteiger partial charge < -0.3 is 4.90 Å². The lowest BCUT2D eigenvalue weighted by Crippen LogP contribution is -2.15. The molecule has 0 amide bonds. The summed E-state index contributed by atoms with van der Waals surface area (Å²) in [5.41, 5.74) is 0. The molecule has 104 valence electrons. The van der Waals surface area contributed by atoms with E-state index in [0.29, 0.717) is 11.8 Å². The standard InChI is InChI=1S/C17H31N/c1-6-9-10-11-16(7-2)12-13-17(8-3)14-15-18(4)5/h6-7,9,12-13,16-17H,2,8,10-11,14-15H2,1,3-5H3/b9-6-,13-12+. The highest BCUT2D eigenvalue weighted by Crippen LogP contribution is 2.15. The van der Waals surface area contributed by atoms with Gasteiger partial charge in [-0.05, 0) is 65.1 Å². The molecule has 0 saturated heterocycles. The summed E-state index contributed by atoms with van der Waals surface area (Å²) >= 11 is 0. The topological polar surface area (TPSA) is 3.24 Å². The Labute approximate surface area is 114 Å². The fourth-order valence-electron chi connectivity index (χ4n) is 1.91. The summed E-state index contributed by atoms with van der Waals surface area (Å²) in [5, 5.41) is 0. The molecule has 0 aliphatic rings. The molecule has 0 saturated carbocycles. The number of hydrogen-bond donors (Lipinski definition) is 0. The summed E-state index contributed by atoms with van der Waals surface area (Å²) in [6.07, 6.45) is 16.0. The first-order valence-corrected chi connectivity index (χ1v) is 7.20. The van der Waals surface area contributed by atoms with Gasteiger partial charge in [-0.1, -0.05) is 37.3 Å². The lowest BCUT2D eigenvalue weighted by molar-refractivity contribution is 0.369. The highest BCUT2D eigenvalue weighted by Gasteiger charge is 2.04. The van der Waals surface area contributed by atoms with E-state index in [1.54, 1.807) is 0 Å². The maximum Gasteiger partial charge on any atom is -0.00192 e. The van der Waals surface area contributed by atoms with Crippen LogP contribution in [-0.2, 0) is 0 Å². The van der Waals surface area contributed by atoms with Crippen molar-refractivity contribution < 1.29 is 0 Å². The largest absolute Gasteiger partial charge is 0.309 e. The molecule has 0 aromatic carbocycles. The highest BCUT2D eigenvalue weighted by molar-refractivity contribution is 5.00. The van der Waals surface area contributed by atoms with Crippen molar-refractivity contribution in [2.45, 2.75) is 39.5 Å². The molecule has 2 unspecified atom stereocenters. The molecule has 0 aliphatic heterocycles. The molecule has 0 bridgehead atoms. The monoisotopic (exact) mass is 249 g/mol. The number of nitrogens with zero attached hydrogens (tertiary/aromatic N) is 1. The zero-order chi connectivity index (χ0) is 13.8. The molecule has 2 atom stereocenters. The molecule has 0 fully saturated rings. The first-order chi connectivity index (χ1) is 8.63. The fraction of sp³-hybridized carbons (Fsp3) is 0.647. The smallest absolute Gasteiger partial charge is 0.00192 e. The van der Waals surface area contributed by atoms with Gasteiger partial charge in [0.05, 0.1) is 0 Å². The van der Waals surface area contributed by atoms with Gasteiger partial charge >= 0.3 is 0 Å². The Bertz CT molecular complexity index is 250. The number of hydrogen-bond acceptors (Lipinski definition) is 1. The van der Waals surface area contributed by atoms with Gasteiger partial charge in [-0.15, -0.1) is 6.58 Å². The van der Waals surface area contributed by atoms with Crippen LogP contribution in [0.2, 0.25) is 0 Å². The van der Waals surface area contributed by atoms with Gasteiger partial charge in [0.2, 0.25) is 0 Å². The molecule has 0 aromatic heterocycles. The van der Waals surface area contributed by atoms with E-state index in [4.69, 9.17) is 0 Å². The van der Waals surface area contributed by atoms with Gasteiger partial charge in [0.1, 0.15) is 0 Å². The Morgan fingerprint density at radius 3 is 2.39 bits per heavy atom. The predicted octanol–water partition coefficient (Wildman–Crippen LogP) is 4.68. The van der Waals surface area contributed by atoms with Gasteiger partial charge in [0, 0.05) is 0 Å². The van der Waals surface area contributed by atoms with E-state index in [9.17, 15) is 0 Å². The third kappa shape index (κ3) is 9.23. The van der Waals surface area contributed by atoms with Gasteiger partial charge in [-0.25, -0.2) is 0 Å². The van der Waals surface area contributed by atoms with Crippen LogP contribution >= 0.6 is 0 Å². The third-order valence-electron chi connectivity index (χ3n) is 3.31. The number of rotatable bonds is 10. The van der Waals surface area contributed by atoms with Crippen molar-refractivity contribution in [3.8, 4) is 0 Å². The molecular weight excluding hydrogens is 218 g/mol. The lowest BCUT2D eigenvalue weighted by atomic mass is 9.96. The Morgan fingerprint density at radius 2 is 1.89 bits per heavy atom. The van der Waals surface area contributed by atoms with E-state index in [1.807, 2.05) is 0 Å². The first-order valence-electron chi connectivity index (χ1n) is 7.20. The first kappa shape index (κ1) is 17.2. The molecule has 0 aromatic rings. The number of allylic oxidation sites excluding steroid dienone is 5. The average molecular weight is 249 g/mol. The van der Waals surface area contributed by atoms with Crippen molar-refractivity contribution in [3.05, 3.63) is 37.0 Å². The average Bonchev–Trinajstić information content (AvgIpc) is 2.36. The molecule has 0 aliphatic carbocycles. The molecular formula is C17H31N. The minimum absolute atomic E-state index is 0.523. The van der Waals surface area contributed by atoms with Crippen molar-refractivity contribution in [2.24, 2.45) is 11.8 Å². The van der Waals surface area contributed by atoms with Crippen molar-refractivity contribution in [1.29, 1.82) is 0 Å². The van der Waals surface area contributed by atoms with E-state index >= 15 is 0 Å².